The highest BCUT2D eigenvalue weighted by Crippen LogP contribution is 2.52. The first kappa shape index (κ1) is 27.4. The molecule has 0 amide bonds. The van der Waals surface area contributed by atoms with Crippen LogP contribution in [0.1, 0.15) is 96.3 Å². The van der Waals surface area contributed by atoms with Crippen LogP contribution in [0.2, 0.25) is 0 Å². The van der Waals surface area contributed by atoms with E-state index in [0.29, 0.717) is 11.8 Å². The minimum atomic E-state index is -0.722. The summed E-state index contributed by atoms with van der Waals surface area (Å²) >= 11 is 0. The monoisotopic (exact) mass is 425 g/mol. The van der Waals surface area contributed by atoms with Gasteiger partial charge in [0.2, 0.25) is 0 Å². The number of rotatable bonds is 2. The Labute approximate surface area is 186 Å². The van der Waals surface area contributed by atoms with Crippen molar-refractivity contribution in [2.24, 2.45) is 23.7 Å². The van der Waals surface area contributed by atoms with E-state index in [4.69, 9.17) is 4.74 Å². The van der Waals surface area contributed by atoms with Gasteiger partial charge in [0, 0.05) is 0 Å². The molecule has 1 heterocycles. The molecule has 0 saturated carbocycles. The van der Waals surface area contributed by atoms with E-state index in [-0.39, 0.29) is 29.9 Å². The molecule has 4 atom stereocenters. The van der Waals surface area contributed by atoms with Gasteiger partial charge in [-0.1, -0.05) is 23.3 Å². The Kier molecular flexibility index (Phi) is 8.25. The SMILES string of the molecule is CC1=CCC(C(C)(C)O)C(C(C)(C)O)C1.CC1=CCC2C(C1)C(C)(C)OC2(C)C.O.[H+]. The fraction of sp³-hybridized carbons (Fsp3) is 0.846. The Balaban J connectivity index is 0.000000546. The zero-order valence-corrected chi connectivity index (χ0v) is 21.1. The Hall–Kier alpha value is -0.680. The third kappa shape index (κ3) is 6.18. The van der Waals surface area contributed by atoms with E-state index >= 15 is 0 Å². The first-order valence-corrected chi connectivity index (χ1v) is 11.4. The van der Waals surface area contributed by atoms with Crippen molar-refractivity contribution in [2.75, 3.05) is 0 Å². The highest BCUT2D eigenvalue weighted by Gasteiger charge is 2.53. The van der Waals surface area contributed by atoms with Gasteiger partial charge in [0.25, 0.3) is 0 Å². The normalized spacial score (nSPS) is 32.7. The van der Waals surface area contributed by atoms with Crippen molar-refractivity contribution in [2.45, 2.75) is 117 Å². The van der Waals surface area contributed by atoms with Gasteiger partial charge in [-0.2, -0.15) is 0 Å². The second-order valence-corrected chi connectivity index (χ2v) is 12.0. The number of hydrogen-bond acceptors (Lipinski definition) is 3. The van der Waals surface area contributed by atoms with Crippen molar-refractivity contribution in [1.82, 2.24) is 0 Å². The molecule has 0 spiro atoms. The summed E-state index contributed by atoms with van der Waals surface area (Å²) in [6.07, 6.45) is 8.76. The molecule has 4 heteroatoms. The van der Waals surface area contributed by atoms with Gasteiger partial charge in [-0.25, -0.2) is 0 Å². The highest BCUT2D eigenvalue weighted by atomic mass is 16.5. The van der Waals surface area contributed by atoms with Crippen LogP contribution < -0.4 is 0 Å². The molecule has 1 aliphatic heterocycles. The van der Waals surface area contributed by atoms with Gasteiger partial charge in [-0.05, 0) is 119 Å². The maximum Gasteiger partial charge on any atom is 1.00 e. The van der Waals surface area contributed by atoms with Crippen LogP contribution in [0.3, 0.4) is 0 Å². The van der Waals surface area contributed by atoms with Crippen molar-refractivity contribution in [1.29, 1.82) is 0 Å². The molecule has 176 valence electrons. The predicted octanol–water partition coefficient (Wildman–Crippen LogP) is 5.33. The minimum Gasteiger partial charge on any atom is -0.412 e. The fourth-order valence-corrected chi connectivity index (χ4v) is 5.98. The molecule has 0 aromatic heterocycles. The van der Waals surface area contributed by atoms with Crippen LogP contribution in [0.4, 0.5) is 0 Å². The molecule has 2 aliphatic carbocycles. The molecule has 4 N–H and O–H groups in total. The van der Waals surface area contributed by atoms with Crippen LogP contribution in [0.5, 0.6) is 0 Å². The second kappa shape index (κ2) is 9.05. The standard InChI is InChI=1S/C13H24O2.C13H22O.H2O/c1-9-6-7-10(12(2,3)14)11(8-9)13(4,5)15;1-9-6-7-10-11(8-9)13(4,5)14-12(10,2)3;/h6,10-11,14-15H,7-8H2,1-5H3;6,10-11H,7-8H2,1-5H3;1H2/p+1. The molecule has 4 nitrogen and oxygen atoms in total. The number of allylic oxidation sites excluding steroid dienone is 4. The van der Waals surface area contributed by atoms with Crippen LogP contribution in [0.15, 0.2) is 23.3 Å². The maximum absolute atomic E-state index is 10.2. The van der Waals surface area contributed by atoms with Crippen LogP contribution in [0, 0.1) is 23.7 Å². The number of aliphatic hydroxyl groups is 2. The second-order valence-electron chi connectivity index (χ2n) is 12.0. The maximum atomic E-state index is 10.2. The summed E-state index contributed by atoms with van der Waals surface area (Å²) in [5, 5.41) is 20.3. The van der Waals surface area contributed by atoms with Crippen LogP contribution >= 0.6 is 0 Å². The molecule has 0 aromatic carbocycles. The smallest absolute Gasteiger partial charge is 0.412 e. The van der Waals surface area contributed by atoms with E-state index in [0.717, 1.165) is 12.8 Å². The summed E-state index contributed by atoms with van der Waals surface area (Å²) in [6, 6.07) is 0. The summed E-state index contributed by atoms with van der Waals surface area (Å²) in [5.74, 6) is 1.70. The molecule has 3 aliphatic rings. The molecular weight excluding hydrogens is 376 g/mol. The van der Waals surface area contributed by atoms with Crippen molar-refractivity contribution in [3.05, 3.63) is 23.3 Å². The molecule has 1 saturated heterocycles. The van der Waals surface area contributed by atoms with Crippen LogP contribution in [-0.2, 0) is 4.74 Å². The highest BCUT2D eigenvalue weighted by molar-refractivity contribution is 5.14. The lowest BCUT2D eigenvalue weighted by Crippen LogP contribution is -2.46. The molecule has 4 unspecified atom stereocenters. The van der Waals surface area contributed by atoms with E-state index in [1.54, 1.807) is 5.57 Å². The van der Waals surface area contributed by atoms with E-state index < -0.39 is 11.2 Å². The number of fused-ring (bicyclic) bond motifs is 1. The van der Waals surface area contributed by atoms with Crippen molar-refractivity contribution < 1.29 is 21.9 Å². The summed E-state index contributed by atoms with van der Waals surface area (Å²) in [7, 11) is 0. The molecule has 1 fully saturated rings. The summed E-state index contributed by atoms with van der Waals surface area (Å²) in [4.78, 5) is 0. The molecule has 3 rings (SSSR count). The predicted molar refractivity (Wildman–Crippen MR) is 127 cm³/mol. The van der Waals surface area contributed by atoms with Crippen LogP contribution in [-0.4, -0.2) is 38.1 Å². The van der Waals surface area contributed by atoms with Gasteiger partial charge in [0.1, 0.15) is 0 Å². The Morgan fingerprint density at radius 1 is 0.800 bits per heavy atom. The van der Waals surface area contributed by atoms with Crippen molar-refractivity contribution in [3.63, 3.8) is 0 Å². The zero-order chi connectivity index (χ0) is 22.4. The Morgan fingerprint density at radius 3 is 1.73 bits per heavy atom. The van der Waals surface area contributed by atoms with Crippen LogP contribution in [0.25, 0.3) is 0 Å². The number of ether oxygens (including phenoxy) is 1. The van der Waals surface area contributed by atoms with Gasteiger partial charge >= 0.3 is 1.43 Å². The first-order valence-electron chi connectivity index (χ1n) is 11.4. The van der Waals surface area contributed by atoms with Gasteiger partial charge in [-0.3, -0.25) is 0 Å². The lowest BCUT2D eigenvalue weighted by Gasteiger charge is -2.44. The fourth-order valence-electron chi connectivity index (χ4n) is 5.98. The Morgan fingerprint density at radius 2 is 1.23 bits per heavy atom. The van der Waals surface area contributed by atoms with E-state index in [1.165, 1.54) is 18.4 Å². The summed E-state index contributed by atoms with van der Waals surface area (Å²) in [5.41, 5.74) is 1.54. The largest absolute Gasteiger partial charge is 1.00 e. The third-order valence-electron chi connectivity index (χ3n) is 7.62. The van der Waals surface area contributed by atoms with Crippen molar-refractivity contribution in [3.8, 4) is 0 Å². The van der Waals surface area contributed by atoms with Crippen molar-refractivity contribution >= 4 is 0 Å². The summed E-state index contributed by atoms with van der Waals surface area (Å²) < 4.78 is 6.20. The van der Waals surface area contributed by atoms with E-state index in [2.05, 4.69) is 53.7 Å². The lowest BCUT2D eigenvalue weighted by molar-refractivity contribution is -0.0824. The molecule has 0 aromatic rings. The molecular formula is C26H49O4+. The average molecular weight is 426 g/mol. The molecule has 0 radical (unpaired) electrons. The van der Waals surface area contributed by atoms with Gasteiger partial charge in [-0.15, -0.1) is 0 Å². The van der Waals surface area contributed by atoms with Gasteiger partial charge < -0.3 is 20.4 Å². The zero-order valence-electron chi connectivity index (χ0n) is 22.1. The molecule has 0 bridgehead atoms. The molecule has 30 heavy (non-hydrogen) atoms. The number of hydrogen-bond donors (Lipinski definition) is 2. The topological polar surface area (TPSA) is 81.2 Å². The quantitative estimate of drug-likeness (QED) is 0.586. The average Bonchev–Trinajstić information content (AvgIpc) is 2.70. The van der Waals surface area contributed by atoms with E-state index in [1.807, 2.05) is 27.7 Å². The first-order chi connectivity index (χ1) is 12.9. The third-order valence-corrected chi connectivity index (χ3v) is 7.62. The van der Waals surface area contributed by atoms with Gasteiger partial charge in [0.15, 0.2) is 0 Å². The minimum absolute atomic E-state index is 0. The lowest BCUT2D eigenvalue weighted by atomic mass is 9.66. The van der Waals surface area contributed by atoms with E-state index in [9.17, 15) is 10.2 Å². The summed E-state index contributed by atoms with van der Waals surface area (Å²) in [6.45, 7) is 20.7. The van der Waals surface area contributed by atoms with Gasteiger partial charge in [0.05, 0.1) is 22.4 Å². The Bertz CT molecular complexity index is 649.